The normalized spacial score (nSPS) is 11.2. The Morgan fingerprint density at radius 3 is 2.40 bits per heavy atom. The molecule has 0 bridgehead atoms. The summed E-state index contributed by atoms with van der Waals surface area (Å²) in [7, 11) is 1.54. The van der Waals surface area contributed by atoms with Gasteiger partial charge in [-0.2, -0.15) is 0 Å². The van der Waals surface area contributed by atoms with Gasteiger partial charge in [-0.05, 0) is 0 Å². The van der Waals surface area contributed by atoms with E-state index in [1.807, 2.05) is 30.3 Å². The zero-order valence-corrected chi connectivity index (χ0v) is 7.78. The standard InChI is InChI=1S/C7H9IO2/c1-10-8(9)7-5-3-2-4-6-7/h2-6,9H,1H3. The molecule has 1 aromatic carbocycles. The maximum absolute atomic E-state index is 9.26. The Hall–Kier alpha value is -0.130. The van der Waals surface area contributed by atoms with Gasteiger partial charge in [-0.1, -0.05) is 0 Å². The third-order valence-electron chi connectivity index (χ3n) is 1.07. The van der Waals surface area contributed by atoms with Crippen LogP contribution < -0.4 is 0 Å². The zero-order chi connectivity index (χ0) is 7.40. The molecule has 0 atom stereocenters. The van der Waals surface area contributed by atoms with E-state index in [4.69, 9.17) is 3.07 Å². The van der Waals surface area contributed by atoms with Crippen molar-refractivity contribution in [1.29, 1.82) is 0 Å². The molecular weight excluding hydrogens is 243 g/mol. The van der Waals surface area contributed by atoms with Crippen LogP contribution in [0.3, 0.4) is 0 Å². The summed E-state index contributed by atoms with van der Waals surface area (Å²) < 4.78 is 15.1. The molecule has 0 spiro atoms. The molecule has 0 unspecified atom stereocenters. The van der Waals surface area contributed by atoms with Gasteiger partial charge >= 0.3 is 68.2 Å². The molecule has 1 N–H and O–H groups in total. The number of hydrogen-bond acceptors (Lipinski definition) is 2. The van der Waals surface area contributed by atoms with Gasteiger partial charge in [-0.3, -0.25) is 0 Å². The van der Waals surface area contributed by atoms with E-state index in [-0.39, 0.29) is 0 Å². The second-order valence-corrected chi connectivity index (χ2v) is 5.12. The van der Waals surface area contributed by atoms with Gasteiger partial charge in [0.25, 0.3) is 0 Å². The summed E-state index contributed by atoms with van der Waals surface area (Å²) in [5.74, 6) is 0. The van der Waals surface area contributed by atoms with Crippen molar-refractivity contribution in [1.82, 2.24) is 0 Å². The summed E-state index contributed by atoms with van der Waals surface area (Å²) in [5.41, 5.74) is 0. The zero-order valence-electron chi connectivity index (χ0n) is 5.62. The van der Waals surface area contributed by atoms with Gasteiger partial charge in [0, 0.05) is 0 Å². The molecule has 1 rings (SSSR count). The summed E-state index contributed by atoms with van der Waals surface area (Å²) >= 11 is -2.20. The molecule has 0 radical (unpaired) electrons. The molecule has 0 aromatic heterocycles. The van der Waals surface area contributed by atoms with Crippen LogP contribution in [0.4, 0.5) is 0 Å². The van der Waals surface area contributed by atoms with Crippen molar-refractivity contribution in [2.24, 2.45) is 0 Å². The number of rotatable bonds is 2. The van der Waals surface area contributed by atoms with Gasteiger partial charge in [-0.25, -0.2) is 0 Å². The Labute approximate surface area is 68.3 Å². The fourth-order valence-electron chi connectivity index (χ4n) is 0.612. The molecular formula is C7H9IO2. The van der Waals surface area contributed by atoms with Crippen LogP contribution in [0.1, 0.15) is 0 Å². The summed E-state index contributed by atoms with van der Waals surface area (Å²) in [4.78, 5) is 0. The molecule has 1 aromatic rings. The molecule has 0 heterocycles. The first kappa shape index (κ1) is 7.97. The van der Waals surface area contributed by atoms with Crippen molar-refractivity contribution >= 4 is 20.6 Å². The number of benzene rings is 1. The van der Waals surface area contributed by atoms with Gasteiger partial charge in [0.2, 0.25) is 0 Å². The summed E-state index contributed by atoms with van der Waals surface area (Å²) in [5, 5.41) is 0. The molecule has 0 aliphatic carbocycles. The average molecular weight is 252 g/mol. The predicted molar refractivity (Wildman–Crippen MR) is 48.4 cm³/mol. The molecule has 0 amide bonds. The second-order valence-electron chi connectivity index (χ2n) is 1.68. The third-order valence-corrected chi connectivity index (χ3v) is 3.69. The minimum atomic E-state index is -2.20. The molecule has 0 fully saturated rings. The van der Waals surface area contributed by atoms with Crippen LogP contribution in [0.25, 0.3) is 0 Å². The van der Waals surface area contributed by atoms with E-state index in [9.17, 15) is 3.44 Å². The van der Waals surface area contributed by atoms with E-state index in [0.29, 0.717) is 0 Å². The maximum atomic E-state index is 9.26. The van der Waals surface area contributed by atoms with E-state index in [2.05, 4.69) is 0 Å². The molecule has 0 aliphatic rings. The Morgan fingerprint density at radius 1 is 1.30 bits per heavy atom. The molecule has 56 valence electrons. The predicted octanol–water partition coefficient (Wildman–Crippen LogP) is 1.83. The first-order valence-electron chi connectivity index (χ1n) is 2.83. The van der Waals surface area contributed by atoms with Crippen molar-refractivity contribution in [2.45, 2.75) is 0 Å². The van der Waals surface area contributed by atoms with Crippen molar-refractivity contribution in [3.05, 3.63) is 33.9 Å². The Kier molecular flexibility index (Phi) is 3.11. The van der Waals surface area contributed by atoms with Gasteiger partial charge in [0.1, 0.15) is 0 Å². The van der Waals surface area contributed by atoms with Crippen LogP contribution in [-0.4, -0.2) is 10.5 Å². The molecule has 3 heteroatoms. The Balaban J connectivity index is 2.75. The monoisotopic (exact) mass is 252 g/mol. The molecule has 0 saturated heterocycles. The quantitative estimate of drug-likeness (QED) is 0.813. The van der Waals surface area contributed by atoms with Crippen LogP contribution in [-0.2, 0) is 3.07 Å². The van der Waals surface area contributed by atoms with E-state index in [1.165, 1.54) is 7.11 Å². The van der Waals surface area contributed by atoms with Crippen molar-refractivity contribution in [3.63, 3.8) is 0 Å². The van der Waals surface area contributed by atoms with Gasteiger partial charge in [0.05, 0.1) is 0 Å². The summed E-state index contributed by atoms with van der Waals surface area (Å²) in [6.07, 6.45) is 0. The van der Waals surface area contributed by atoms with Gasteiger partial charge in [0.15, 0.2) is 0 Å². The van der Waals surface area contributed by atoms with Crippen LogP contribution >= 0.6 is 20.6 Å². The van der Waals surface area contributed by atoms with Crippen LogP contribution in [0.2, 0.25) is 0 Å². The number of hydrogen-bond donors (Lipinski definition) is 1. The van der Waals surface area contributed by atoms with Crippen molar-refractivity contribution < 1.29 is 6.50 Å². The van der Waals surface area contributed by atoms with E-state index in [0.717, 1.165) is 3.57 Å². The third kappa shape index (κ3) is 1.93. The van der Waals surface area contributed by atoms with E-state index < -0.39 is 20.6 Å². The van der Waals surface area contributed by atoms with Crippen molar-refractivity contribution in [3.8, 4) is 0 Å². The van der Waals surface area contributed by atoms with E-state index >= 15 is 0 Å². The molecule has 0 aliphatic heterocycles. The van der Waals surface area contributed by atoms with E-state index in [1.54, 1.807) is 0 Å². The Morgan fingerprint density at radius 2 is 1.90 bits per heavy atom. The molecule has 2 nitrogen and oxygen atoms in total. The topological polar surface area (TPSA) is 29.5 Å². The van der Waals surface area contributed by atoms with Crippen LogP contribution in [0.15, 0.2) is 30.3 Å². The first-order valence-corrected chi connectivity index (χ1v) is 5.76. The van der Waals surface area contributed by atoms with Crippen molar-refractivity contribution in [2.75, 3.05) is 7.11 Å². The average Bonchev–Trinajstić information content (AvgIpc) is 2.05. The molecule has 0 saturated carbocycles. The Bertz CT molecular complexity index is 188. The fourth-order valence-corrected chi connectivity index (χ4v) is 2.15. The SMILES string of the molecule is COI(O)c1ccccc1. The molecule has 10 heavy (non-hydrogen) atoms. The summed E-state index contributed by atoms with van der Waals surface area (Å²) in [6.45, 7) is 0. The minimum absolute atomic E-state index is 0.939. The van der Waals surface area contributed by atoms with Crippen LogP contribution in [0, 0.1) is 3.57 Å². The second kappa shape index (κ2) is 3.90. The summed E-state index contributed by atoms with van der Waals surface area (Å²) in [6, 6.07) is 9.48. The number of halogens is 1. The first-order chi connectivity index (χ1) is 4.84. The fraction of sp³-hybridized carbons (Fsp3) is 0.143. The van der Waals surface area contributed by atoms with Gasteiger partial charge < -0.3 is 0 Å². The van der Waals surface area contributed by atoms with Gasteiger partial charge in [-0.15, -0.1) is 0 Å². The van der Waals surface area contributed by atoms with Crippen LogP contribution in [0.5, 0.6) is 0 Å².